The first kappa shape index (κ1) is 23.6. The van der Waals surface area contributed by atoms with Gasteiger partial charge in [0, 0.05) is 24.7 Å². The van der Waals surface area contributed by atoms with E-state index in [1.165, 1.54) is 0 Å². The smallest absolute Gasteiger partial charge is 0.329 e. The lowest BCUT2D eigenvalue weighted by molar-refractivity contribution is -0.385. The van der Waals surface area contributed by atoms with E-state index in [2.05, 4.69) is 4.72 Å². The van der Waals surface area contributed by atoms with Crippen LogP contribution in [-0.4, -0.2) is 25.9 Å². The molecule has 0 spiro atoms. The summed E-state index contributed by atoms with van der Waals surface area (Å²) in [6.07, 6.45) is -3.27. The van der Waals surface area contributed by atoms with Gasteiger partial charge in [-0.1, -0.05) is 19.8 Å². The second kappa shape index (κ2) is 9.32. The molecule has 0 radical (unpaired) electrons. The summed E-state index contributed by atoms with van der Waals surface area (Å²) in [4.78, 5) is 8.56. The van der Waals surface area contributed by atoms with Gasteiger partial charge >= 0.3 is 6.18 Å². The van der Waals surface area contributed by atoms with Crippen molar-refractivity contribution >= 4 is 28.1 Å². The number of nitro groups is 1. The number of hydrogen-bond acceptors (Lipinski definition) is 5. The van der Waals surface area contributed by atoms with Crippen molar-refractivity contribution < 1.29 is 26.5 Å². The molecule has 1 atom stereocenters. The maximum atomic E-state index is 13.1. The first-order chi connectivity index (χ1) is 11.0. The molecule has 1 aromatic carbocycles. The third-order valence-electron chi connectivity index (χ3n) is 3.28. The van der Waals surface area contributed by atoms with E-state index in [0.29, 0.717) is 25.0 Å². The van der Waals surface area contributed by atoms with E-state index in [1.54, 1.807) is 0 Å². The number of halogens is 4. The summed E-state index contributed by atoms with van der Waals surface area (Å²) < 4.78 is 66.0. The number of benzene rings is 1. The third kappa shape index (κ3) is 6.42. The normalized spacial score (nSPS) is 13.2. The number of alkyl halides is 3. The third-order valence-corrected chi connectivity index (χ3v) is 4.86. The van der Waals surface area contributed by atoms with Crippen LogP contribution < -0.4 is 10.5 Å². The zero-order valence-electron chi connectivity index (χ0n) is 13.2. The van der Waals surface area contributed by atoms with E-state index >= 15 is 0 Å². The molecule has 1 unspecified atom stereocenters. The molecule has 0 aromatic heterocycles. The van der Waals surface area contributed by atoms with Crippen LogP contribution in [0, 0.1) is 10.1 Å². The Morgan fingerprint density at radius 2 is 1.96 bits per heavy atom. The highest BCUT2D eigenvalue weighted by Gasteiger charge is 2.39. The van der Waals surface area contributed by atoms with Crippen LogP contribution >= 0.6 is 12.4 Å². The lowest BCUT2D eigenvalue weighted by Gasteiger charge is -2.19. The number of unbranched alkanes of at least 4 members (excludes halogenated alkanes) is 1. The molecule has 0 saturated carbocycles. The van der Waals surface area contributed by atoms with Crippen LogP contribution in [0.2, 0.25) is 0 Å². The summed E-state index contributed by atoms with van der Waals surface area (Å²) in [6.45, 7) is 1.80. The molecule has 7 nitrogen and oxygen atoms in total. The van der Waals surface area contributed by atoms with Gasteiger partial charge in [0.2, 0.25) is 10.0 Å². The quantitative estimate of drug-likeness (QED) is 0.509. The van der Waals surface area contributed by atoms with Gasteiger partial charge in [0.1, 0.15) is 0 Å². The monoisotopic (exact) mass is 405 g/mol. The molecule has 0 heterocycles. The molecular formula is C13H19ClF3N3O4S. The van der Waals surface area contributed by atoms with Gasteiger partial charge in [0.25, 0.3) is 5.69 Å². The fourth-order valence-corrected chi connectivity index (χ4v) is 3.54. The van der Waals surface area contributed by atoms with Gasteiger partial charge < -0.3 is 5.73 Å². The van der Waals surface area contributed by atoms with Gasteiger partial charge in [-0.15, -0.1) is 12.4 Å². The van der Waals surface area contributed by atoms with Gasteiger partial charge in [-0.25, -0.2) is 13.1 Å². The molecule has 3 N–H and O–H groups in total. The SMILES string of the molecule is CCCCC(CN)NS(=O)(=O)c1ccc([N+](=O)[O-])cc1C(F)(F)F.Cl. The summed E-state index contributed by atoms with van der Waals surface area (Å²) in [5.74, 6) is 0. The Hall–Kier alpha value is -1.43. The highest BCUT2D eigenvalue weighted by Crippen LogP contribution is 2.36. The number of nitrogens with one attached hydrogen (secondary N) is 1. The topological polar surface area (TPSA) is 115 Å². The number of sulfonamides is 1. The maximum absolute atomic E-state index is 13.1. The number of nitrogens with zero attached hydrogens (tertiary/aromatic N) is 1. The van der Waals surface area contributed by atoms with Crippen LogP contribution in [0.25, 0.3) is 0 Å². The van der Waals surface area contributed by atoms with Crippen LogP contribution in [0.5, 0.6) is 0 Å². The molecule has 0 fully saturated rings. The van der Waals surface area contributed by atoms with Crippen molar-refractivity contribution in [2.45, 2.75) is 43.3 Å². The number of nitro benzene ring substituents is 1. The minimum Gasteiger partial charge on any atom is -0.329 e. The zero-order valence-corrected chi connectivity index (χ0v) is 14.9. The van der Waals surface area contributed by atoms with Crippen molar-refractivity contribution in [3.63, 3.8) is 0 Å². The molecule has 0 bridgehead atoms. The highest BCUT2D eigenvalue weighted by molar-refractivity contribution is 7.89. The van der Waals surface area contributed by atoms with Crippen LogP contribution in [-0.2, 0) is 16.2 Å². The van der Waals surface area contributed by atoms with E-state index in [9.17, 15) is 31.7 Å². The lowest BCUT2D eigenvalue weighted by atomic mass is 10.1. The fourth-order valence-electron chi connectivity index (χ4n) is 2.05. The Bertz CT molecular complexity index is 698. The fraction of sp³-hybridized carbons (Fsp3) is 0.538. The minimum absolute atomic E-state index is 0. The van der Waals surface area contributed by atoms with E-state index in [4.69, 9.17) is 5.73 Å². The van der Waals surface area contributed by atoms with Crippen molar-refractivity contribution in [2.75, 3.05) is 6.54 Å². The van der Waals surface area contributed by atoms with Crippen molar-refractivity contribution in [3.8, 4) is 0 Å². The Morgan fingerprint density at radius 3 is 2.40 bits per heavy atom. The molecular weight excluding hydrogens is 387 g/mol. The summed E-state index contributed by atoms with van der Waals surface area (Å²) in [7, 11) is -4.53. The summed E-state index contributed by atoms with van der Waals surface area (Å²) in [5, 5.41) is 10.6. The molecule has 1 rings (SSSR count). The predicted molar refractivity (Wildman–Crippen MR) is 88.0 cm³/mol. The largest absolute Gasteiger partial charge is 0.417 e. The molecule has 0 aliphatic heterocycles. The molecule has 0 amide bonds. The van der Waals surface area contributed by atoms with Crippen molar-refractivity contribution in [3.05, 3.63) is 33.9 Å². The van der Waals surface area contributed by atoms with E-state index in [1.807, 2.05) is 6.92 Å². The Morgan fingerprint density at radius 1 is 1.36 bits per heavy atom. The molecule has 1 aromatic rings. The number of rotatable bonds is 8. The Kier molecular flexibility index (Phi) is 8.79. The summed E-state index contributed by atoms with van der Waals surface area (Å²) >= 11 is 0. The Labute approximate surface area is 149 Å². The van der Waals surface area contributed by atoms with Gasteiger partial charge in [0.05, 0.1) is 15.4 Å². The molecule has 12 heteroatoms. The second-order valence-corrected chi connectivity index (χ2v) is 6.81. The van der Waals surface area contributed by atoms with Crippen molar-refractivity contribution in [2.24, 2.45) is 5.73 Å². The second-order valence-electron chi connectivity index (χ2n) is 5.13. The van der Waals surface area contributed by atoms with Crippen molar-refractivity contribution in [1.29, 1.82) is 0 Å². The minimum atomic E-state index is -5.06. The van der Waals surface area contributed by atoms with Gasteiger partial charge in [-0.05, 0) is 12.5 Å². The van der Waals surface area contributed by atoms with Gasteiger partial charge in [0.15, 0.2) is 0 Å². The number of nitrogens with two attached hydrogens (primary N) is 1. The van der Waals surface area contributed by atoms with Gasteiger partial charge in [-0.2, -0.15) is 13.2 Å². The Balaban J connectivity index is 0.00000576. The number of non-ortho nitro benzene ring substituents is 1. The summed E-state index contributed by atoms with van der Waals surface area (Å²) in [5.41, 5.74) is 3.02. The van der Waals surface area contributed by atoms with Gasteiger partial charge in [-0.3, -0.25) is 10.1 Å². The molecule has 144 valence electrons. The first-order valence-electron chi connectivity index (χ1n) is 7.11. The lowest BCUT2D eigenvalue weighted by Crippen LogP contribution is -2.40. The van der Waals surface area contributed by atoms with Crippen LogP contribution in [0.3, 0.4) is 0 Å². The average molecular weight is 406 g/mol. The van der Waals surface area contributed by atoms with E-state index in [-0.39, 0.29) is 25.0 Å². The zero-order chi connectivity index (χ0) is 18.5. The van der Waals surface area contributed by atoms with Crippen molar-refractivity contribution in [1.82, 2.24) is 4.72 Å². The van der Waals surface area contributed by atoms with Crippen LogP contribution in [0.1, 0.15) is 31.7 Å². The van der Waals surface area contributed by atoms with Crippen LogP contribution in [0.15, 0.2) is 23.1 Å². The molecule has 0 aliphatic carbocycles. The van der Waals surface area contributed by atoms with E-state index < -0.39 is 43.3 Å². The number of hydrogen-bond donors (Lipinski definition) is 2. The molecule has 0 saturated heterocycles. The predicted octanol–water partition coefficient (Wildman–Crippen LogP) is 2.83. The standard InChI is InChI=1S/C13H18F3N3O4S.ClH/c1-2-3-4-9(8-17)18-24(22,23)12-6-5-10(19(20)21)7-11(12)13(14,15)16;/h5-7,9,18H,2-4,8,17H2,1H3;1H. The molecule has 0 aliphatic rings. The summed E-state index contributed by atoms with van der Waals surface area (Å²) in [6, 6.07) is 0.786. The van der Waals surface area contributed by atoms with Crippen LogP contribution in [0.4, 0.5) is 18.9 Å². The maximum Gasteiger partial charge on any atom is 0.417 e. The first-order valence-corrected chi connectivity index (χ1v) is 8.59. The van der Waals surface area contributed by atoms with E-state index in [0.717, 1.165) is 6.42 Å². The highest BCUT2D eigenvalue weighted by atomic mass is 35.5. The average Bonchev–Trinajstić information content (AvgIpc) is 2.49. The molecule has 25 heavy (non-hydrogen) atoms.